The third kappa shape index (κ3) is 2.53. The minimum absolute atomic E-state index is 0.0444. The fourth-order valence-electron chi connectivity index (χ4n) is 1.97. The molecule has 1 aromatic rings. The molecule has 0 atom stereocenters. The van der Waals surface area contributed by atoms with Crippen molar-refractivity contribution in [2.24, 2.45) is 0 Å². The highest BCUT2D eigenvalue weighted by Gasteiger charge is 2.11. The minimum Gasteiger partial charge on any atom is -0.326 e. The van der Waals surface area contributed by atoms with Crippen molar-refractivity contribution in [1.82, 2.24) is 0 Å². The average Bonchev–Trinajstić information content (AvgIpc) is 2.65. The molecule has 0 saturated carbocycles. The number of fused-ring (bicyclic) bond motifs is 1. The van der Waals surface area contributed by atoms with Gasteiger partial charge in [0.25, 0.3) is 0 Å². The number of aryl methyl sites for hydroxylation is 2. The van der Waals surface area contributed by atoms with Crippen LogP contribution in [0.5, 0.6) is 0 Å². The predicted octanol–water partition coefficient (Wildman–Crippen LogP) is 2.43. The lowest BCUT2D eigenvalue weighted by Gasteiger charge is -2.06. The average molecular weight is 221 g/mol. The Balaban J connectivity index is 2.06. The molecule has 1 N–H and O–H groups in total. The van der Waals surface area contributed by atoms with Gasteiger partial charge in [-0.1, -0.05) is 6.07 Å². The first-order valence-corrected chi connectivity index (χ1v) is 5.95. The van der Waals surface area contributed by atoms with E-state index in [9.17, 15) is 4.79 Å². The Morgan fingerprint density at radius 3 is 2.93 bits per heavy atom. The second kappa shape index (κ2) is 4.71. The van der Waals surface area contributed by atoms with E-state index in [1.54, 1.807) is 0 Å². The highest BCUT2D eigenvalue weighted by Crippen LogP contribution is 2.24. The van der Waals surface area contributed by atoms with Gasteiger partial charge in [-0.2, -0.15) is 12.6 Å². The minimum atomic E-state index is 0.0444. The largest absolute Gasteiger partial charge is 0.326 e. The van der Waals surface area contributed by atoms with E-state index in [2.05, 4.69) is 30.1 Å². The maximum absolute atomic E-state index is 11.4. The molecule has 15 heavy (non-hydrogen) atoms. The van der Waals surface area contributed by atoms with Crippen LogP contribution in [0.2, 0.25) is 0 Å². The zero-order chi connectivity index (χ0) is 10.7. The van der Waals surface area contributed by atoms with Crippen LogP contribution in [-0.4, -0.2) is 11.7 Å². The van der Waals surface area contributed by atoms with Crippen LogP contribution in [0.15, 0.2) is 18.2 Å². The van der Waals surface area contributed by atoms with Crippen molar-refractivity contribution in [2.45, 2.75) is 25.7 Å². The molecule has 0 aromatic heterocycles. The van der Waals surface area contributed by atoms with Crippen LogP contribution in [0.1, 0.15) is 24.0 Å². The highest BCUT2D eigenvalue weighted by molar-refractivity contribution is 7.80. The number of carbonyl (C=O) groups is 1. The van der Waals surface area contributed by atoms with Gasteiger partial charge >= 0.3 is 0 Å². The van der Waals surface area contributed by atoms with E-state index in [0.29, 0.717) is 12.2 Å². The molecule has 0 spiro atoms. The molecule has 0 saturated heterocycles. The van der Waals surface area contributed by atoms with Crippen LogP contribution in [0, 0.1) is 0 Å². The smallest absolute Gasteiger partial charge is 0.225 e. The lowest BCUT2D eigenvalue weighted by atomic mass is 10.1. The Bertz CT molecular complexity index is 376. The number of thiol groups is 1. The van der Waals surface area contributed by atoms with Gasteiger partial charge in [-0.05, 0) is 48.3 Å². The topological polar surface area (TPSA) is 29.1 Å². The molecular weight excluding hydrogens is 206 g/mol. The summed E-state index contributed by atoms with van der Waals surface area (Å²) in [5.74, 6) is 0.638. The molecule has 0 aliphatic heterocycles. The number of rotatable bonds is 3. The van der Waals surface area contributed by atoms with E-state index in [1.165, 1.54) is 24.0 Å². The zero-order valence-corrected chi connectivity index (χ0v) is 9.52. The molecule has 1 amide bonds. The Morgan fingerprint density at radius 1 is 1.33 bits per heavy atom. The first-order chi connectivity index (χ1) is 7.29. The van der Waals surface area contributed by atoms with E-state index >= 15 is 0 Å². The summed E-state index contributed by atoms with van der Waals surface area (Å²) in [5.41, 5.74) is 3.74. The van der Waals surface area contributed by atoms with Gasteiger partial charge in [-0.25, -0.2) is 0 Å². The van der Waals surface area contributed by atoms with Crippen LogP contribution < -0.4 is 5.32 Å². The van der Waals surface area contributed by atoms with E-state index in [-0.39, 0.29) is 5.91 Å². The fraction of sp³-hybridized carbons (Fsp3) is 0.417. The summed E-state index contributed by atoms with van der Waals surface area (Å²) in [6, 6.07) is 6.21. The van der Waals surface area contributed by atoms with Crippen molar-refractivity contribution in [3.8, 4) is 0 Å². The summed E-state index contributed by atoms with van der Waals surface area (Å²) in [6.45, 7) is 0. The van der Waals surface area contributed by atoms with Gasteiger partial charge in [0.15, 0.2) is 0 Å². The summed E-state index contributed by atoms with van der Waals surface area (Å²) in [4.78, 5) is 11.4. The Hall–Kier alpha value is -0.960. The third-order valence-corrected chi connectivity index (χ3v) is 2.94. The van der Waals surface area contributed by atoms with E-state index < -0.39 is 0 Å². The second-order valence-electron chi connectivity index (χ2n) is 3.86. The first-order valence-electron chi connectivity index (χ1n) is 5.32. The number of hydrogen-bond donors (Lipinski definition) is 2. The van der Waals surface area contributed by atoms with Crippen molar-refractivity contribution in [3.63, 3.8) is 0 Å². The Kier molecular flexibility index (Phi) is 3.31. The van der Waals surface area contributed by atoms with Crippen molar-refractivity contribution in [2.75, 3.05) is 11.1 Å². The third-order valence-electron chi connectivity index (χ3n) is 2.72. The van der Waals surface area contributed by atoms with Gasteiger partial charge in [-0.15, -0.1) is 0 Å². The van der Waals surface area contributed by atoms with Gasteiger partial charge < -0.3 is 5.32 Å². The molecule has 80 valence electrons. The lowest BCUT2D eigenvalue weighted by molar-refractivity contribution is -0.115. The van der Waals surface area contributed by atoms with Gasteiger partial charge in [0, 0.05) is 12.1 Å². The molecule has 0 radical (unpaired) electrons. The van der Waals surface area contributed by atoms with Crippen LogP contribution in [0.4, 0.5) is 5.69 Å². The molecule has 3 heteroatoms. The number of carbonyl (C=O) groups excluding carboxylic acids is 1. The van der Waals surface area contributed by atoms with Crippen molar-refractivity contribution in [1.29, 1.82) is 0 Å². The molecule has 0 bridgehead atoms. The number of amides is 1. The predicted molar refractivity (Wildman–Crippen MR) is 65.6 cm³/mol. The van der Waals surface area contributed by atoms with Crippen molar-refractivity contribution < 1.29 is 4.79 Å². The molecule has 0 fully saturated rings. The lowest BCUT2D eigenvalue weighted by Crippen LogP contribution is -2.11. The summed E-state index contributed by atoms with van der Waals surface area (Å²) in [6.07, 6.45) is 4.04. The zero-order valence-electron chi connectivity index (χ0n) is 8.62. The molecular formula is C12H15NOS. The van der Waals surface area contributed by atoms with Gasteiger partial charge in [0.05, 0.1) is 0 Å². The van der Waals surface area contributed by atoms with Crippen molar-refractivity contribution >= 4 is 24.2 Å². The number of benzene rings is 1. The normalized spacial score (nSPS) is 13.7. The molecule has 2 nitrogen and oxygen atoms in total. The number of hydrogen-bond acceptors (Lipinski definition) is 2. The number of anilines is 1. The van der Waals surface area contributed by atoms with E-state index in [4.69, 9.17) is 0 Å². The number of nitrogens with one attached hydrogen (secondary N) is 1. The van der Waals surface area contributed by atoms with Crippen LogP contribution in [0.25, 0.3) is 0 Å². The Labute approximate surface area is 95.5 Å². The molecule has 1 aliphatic rings. The first kappa shape index (κ1) is 10.6. The summed E-state index contributed by atoms with van der Waals surface area (Å²) < 4.78 is 0. The molecule has 0 heterocycles. The summed E-state index contributed by atoms with van der Waals surface area (Å²) in [5, 5.41) is 2.88. The fourth-order valence-corrected chi connectivity index (χ4v) is 2.18. The van der Waals surface area contributed by atoms with E-state index in [1.807, 2.05) is 6.07 Å². The quantitative estimate of drug-likeness (QED) is 0.754. The van der Waals surface area contributed by atoms with Gasteiger partial charge in [-0.3, -0.25) is 4.79 Å². The van der Waals surface area contributed by atoms with Crippen LogP contribution in [0.3, 0.4) is 0 Å². The standard InChI is InChI=1S/C12H15NOS/c14-12(6-7-15)13-11-5-4-9-2-1-3-10(9)8-11/h4-5,8,15H,1-3,6-7H2,(H,13,14). The Morgan fingerprint density at radius 2 is 2.13 bits per heavy atom. The molecule has 0 unspecified atom stereocenters. The van der Waals surface area contributed by atoms with Gasteiger partial charge in [0.1, 0.15) is 0 Å². The second-order valence-corrected chi connectivity index (χ2v) is 4.31. The maximum atomic E-state index is 11.4. The molecule has 2 rings (SSSR count). The highest BCUT2D eigenvalue weighted by atomic mass is 32.1. The SMILES string of the molecule is O=C(CCS)Nc1ccc2c(c1)CCC2. The molecule has 1 aromatic carbocycles. The van der Waals surface area contributed by atoms with E-state index in [0.717, 1.165) is 12.1 Å². The van der Waals surface area contributed by atoms with Crippen LogP contribution in [-0.2, 0) is 17.6 Å². The summed E-state index contributed by atoms with van der Waals surface area (Å²) >= 11 is 4.03. The monoisotopic (exact) mass is 221 g/mol. The maximum Gasteiger partial charge on any atom is 0.225 e. The van der Waals surface area contributed by atoms with Gasteiger partial charge in [0.2, 0.25) is 5.91 Å². The summed E-state index contributed by atoms with van der Waals surface area (Å²) in [7, 11) is 0. The van der Waals surface area contributed by atoms with Crippen molar-refractivity contribution in [3.05, 3.63) is 29.3 Å². The van der Waals surface area contributed by atoms with Crippen LogP contribution >= 0.6 is 12.6 Å². The molecule has 1 aliphatic carbocycles.